The summed E-state index contributed by atoms with van der Waals surface area (Å²) < 4.78 is 5.66. The van der Waals surface area contributed by atoms with E-state index in [1.54, 1.807) is 0 Å². The first-order chi connectivity index (χ1) is 11.7. The summed E-state index contributed by atoms with van der Waals surface area (Å²) in [6.45, 7) is 2.47. The number of hydrazine groups is 2. The highest BCUT2D eigenvalue weighted by atomic mass is 35.5. The van der Waals surface area contributed by atoms with Crippen LogP contribution < -0.4 is 26.9 Å². The molecular weight excluding hydrogens is 330 g/mol. The fourth-order valence-electron chi connectivity index (χ4n) is 1.67. The first-order valence-corrected chi connectivity index (χ1v) is 7.81. The van der Waals surface area contributed by atoms with E-state index in [0.29, 0.717) is 18.9 Å². The van der Waals surface area contributed by atoms with Crippen molar-refractivity contribution in [1.29, 1.82) is 0 Å². The molecule has 1 heterocycles. The molecule has 24 heavy (non-hydrogen) atoms. The number of amides is 1. The standard InChI is InChI=1S/C14H16N2O.CH3Cl.CH5N3O/c1-11-6-5-9-14(16-11)17-10-12-7-3-4-8-13(12)15-2;1-2;2-4-3-1-5/h3-9,15H,10H2,1-2H3;1H3;1,4H,2H2,(H,3,5). The van der Waals surface area contributed by atoms with Crippen LogP contribution >= 0.6 is 11.6 Å². The zero-order chi connectivity index (χ0) is 18.2. The van der Waals surface area contributed by atoms with Crippen LogP contribution in [0, 0.1) is 6.92 Å². The number of aromatic nitrogens is 1. The van der Waals surface area contributed by atoms with Crippen LogP contribution in [0.15, 0.2) is 42.5 Å². The first kappa shape index (κ1) is 21.6. The number of carbonyl (C=O) groups is 1. The number of alkyl halides is 1. The van der Waals surface area contributed by atoms with Gasteiger partial charge in [-0.15, -0.1) is 11.6 Å². The topological polar surface area (TPSA) is 101 Å². The molecule has 0 saturated heterocycles. The van der Waals surface area contributed by atoms with E-state index in [9.17, 15) is 0 Å². The van der Waals surface area contributed by atoms with Gasteiger partial charge in [-0.3, -0.25) is 16.1 Å². The van der Waals surface area contributed by atoms with E-state index >= 15 is 0 Å². The van der Waals surface area contributed by atoms with Crippen LogP contribution in [-0.2, 0) is 11.4 Å². The number of nitrogens with two attached hydrogens (primary N) is 1. The third kappa shape index (κ3) is 8.94. The summed E-state index contributed by atoms with van der Waals surface area (Å²) >= 11 is 4.64. The molecule has 8 heteroatoms. The van der Waals surface area contributed by atoms with Crippen molar-refractivity contribution in [2.45, 2.75) is 13.5 Å². The van der Waals surface area contributed by atoms with Crippen LogP contribution in [-0.4, -0.2) is 24.8 Å². The molecule has 0 unspecified atom stereocenters. The molecule has 0 aliphatic carbocycles. The predicted octanol–water partition coefficient (Wildman–Crippen LogP) is 1.98. The zero-order valence-corrected chi connectivity index (χ0v) is 14.8. The Morgan fingerprint density at radius 3 is 2.46 bits per heavy atom. The molecule has 132 valence electrons. The second-order valence-corrected chi connectivity index (χ2v) is 4.22. The van der Waals surface area contributed by atoms with Gasteiger partial charge >= 0.3 is 0 Å². The van der Waals surface area contributed by atoms with Gasteiger partial charge in [0.2, 0.25) is 12.3 Å². The molecule has 1 amide bonds. The van der Waals surface area contributed by atoms with Gasteiger partial charge in [-0.25, -0.2) is 4.98 Å². The quantitative estimate of drug-likeness (QED) is 0.274. The minimum Gasteiger partial charge on any atom is -0.473 e. The van der Waals surface area contributed by atoms with Gasteiger partial charge in [-0.05, 0) is 19.1 Å². The molecule has 0 atom stereocenters. The van der Waals surface area contributed by atoms with Gasteiger partial charge in [-0.1, -0.05) is 24.3 Å². The lowest BCUT2D eigenvalue weighted by molar-refractivity contribution is -0.110. The Morgan fingerprint density at radius 2 is 1.92 bits per heavy atom. The van der Waals surface area contributed by atoms with Gasteiger partial charge in [0.25, 0.3) is 0 Å². The predicted molar refractivity (Wildman–Crippen MR) is 97.6 cm³/mol. The number of benzene rings is 1. The number of halogens is 1. The number of aryl methyl sites for hydroxylation is 1. The molecule has 0 aliphatic rings. The minimum atomic E-state index is 0.444. The smallest absolute Gasteiger partial charge is 0.222 e. The fraction of sp³-hybridized carbons (Fsp3) is 0.250. The molecular formula is C16H24ClN5O2. The van der Waals surface area contributed by atoms with Gasteiger partial charge in [0, 0.05) is 36.4 Å². The second kappa shape index (κ2) is 14.3. The van der Waals surface area contributed by atoms with Crippen LogP contribution in [0.2, 0.25) is 0 Å². The highest BCUT2D eigenvalue weighted by Crippen LogP contribution is 2.16. The summed E-state index contributed by atoms with van der Waals surface area (Å²) in [5, 5.41) is 3.14. The van der Waals surface area contributed by atoms with E-state index in [-0.39, 0.29) is 0 Å². The van der Waals surface area contributed by atoms with Crippen molar-refractivity contribution < 1.29 is 9.53 Å². The number of nitrogens with zero attached hydrogens (tertiary/aromatic N) is 1. The second-order valence-electron chi connectivity index (χ2n) is 4.22. The van der Waals surface area contributed by atoms with E-state index in [4.69, 9.17) is 9.53 Å². The Kier molecular flexibility index (Phi) is 12.9. The molecule has 0 fully saturated rings. The van der Waals surface area contributed by atoms with Crippen molar-refractivity contribution in [2.75, 3.05) is 18.7 Å². The van der Waals surface area contributed by atoms with Gasteiger partial charge in [0.1, 0.15) is 6.61 Å². The van der Waals surface area contributed by atoms with E-state index in [1.165, 1.54) is 6.38 Å². The average molecular weight is 354 g/mol. The van der Waals surface area contributed by atoms with Crippen LogP contribution in [0.1, 0.15) is 11.3 Å². The zero-order valence-electron chi connectivity index (χ0n) is 14.0. The Labute approximate surface area is 147 Å². The Balaban J connectivity index is 0.000000650. The summed E-state index contributed by atoms with van der Waals surface area (Å²) in [6, 6.07) is 13.8. The Bertz CT molecular complexity index is 584. The number of carbonyl (C=O) groups excluding carboxylic acids is 1. The molecule has 2 rings (SSSR count). The summed E-state index contributed by atoms with van der Waals surface area (Å²) in [5.41, 5.74) is 7.03. The number of para-hydroxylation sites is 1. The van der Waals surface area contributed by atoms with E-state index in [2.05, 4.69) is 27.7 Å². The lowest BCUT2D eigenvalue weighted by atomic mass is 10.2. The van der Waals surface area contributed by atoms with Crippen LogP contribution in [0.4, 0.5) is 5.69 Å². The van der Waals surface area contributed by atoms with Gasteiger partial charge in [0.05, 0.1) is 0 Å². The summed E-state index contributed by atoms with van der Waals surface area (Å²) in [7, 11) is 1.91. The van der Waals surface area contributed by atoms with Crippen molar-refractivity contribution in [1.82, 2.24) is 15.9 Å². The number of anilines is 1. The van der Waals surface area contributed by atoms with E-state index < -0.39 is 0 Å². The monoisotopic (exact) mass is 353 g/mol. The third-order valence-electron chi connectivity index (χ3n) is 2.67. The molecule has 0 radical (unpaired) electrons. The molecule has 0 spiro atoms. The number of ether oxygens (including phenoxy) is 1. The van der Waals surface area contributed by atoms with Crippen molar-refractivity contribution >= 4 is 23.7 Å². The van der Waals surface area contributed by atoms with E-state index in [0.717, 1.165) is 16.9 Å². The summed E-state index contributed by atoms with van der Waals surface area (Å²) in [5.74, 6) is 5.21. The molecule has 1 aromatic heterocycles. The Hall–Kier alpha value is -2.35. The highest BCUT2D eigenvalue weighted by molar-refractivity contribution is 6.15. The maximum absolute atomic E-state index is 9.15. The molecule has 0 saturated carbocycles. The molecule has 7 nitrogen and oxygen atoms in total. The number of rotatable bonds is 6. The SMILES string of the molecule is CCl.CNc1ccccc1COc1cccc(C)n1.NNNC=O. The van der Waals surface area contributed by atoms with E-state index in [1.807, 2.05) is 67.4 Å². The van der Waals surface area contributed by atoms with Gasteiger partial charge < -0.3 is 10.1 Å². The lowest BCUT2D eigenvalue weighted by Gasteiger charge is -2.10. The van der Waals surface area contributed by atoms with Crippen molar-refractivity contribution in [3.63, 3.8) is 0 Å². The lowest BCUT2D eigenvalue weighted by Crippen LogP contribution is -2.36. The normalized spacial score (nSPS) is 8.71. The van der Waals surface area contributed by atoms with Crippen LogP contribution in [0.3, 0.4) is 0 Å². The number of hydrogen-bond acceptors (Lipinski definition) is 6. The third-order valence-corrected chi connectivity index (χ3v) is 2.67. The minimum absolute atomic E-state index is 0.444. The van der Waals surface area contributed by atoms with Gasteiger partial charge in [-0.2, -0.15) is 5.53 Å². The molecule has 0 bridgehead atoms. The average Bonchev–Trinajstić information content (AvgIpc) is 2.63. The molecule has 5 N–H and O–H groups in total. The van der Waals surface area contributed by atoms with Crippen molar-refractivity contribution in [3.05, 3.63) is 53.7 Å². The fourth-order valence-corrected chi connectivity index (χ4v) is 1.67. The molecule has 1 aromatic carbocycles. The van der Waals surface area contributed by atoms with Gasteiger partial charge in [0.15, 0.2) is 0 Å². The molecule has 2 aromatic rings. The maximum Gasteiger partial charge on any atom is 0.222 e. The van der Waals surface area contributed by atoms with Crippen molar-refractivity contribution in [3.8, 4) is 5.88 Å². The Morgan fingerprint density at radius 1 is 1.21 bits per heavy atom. The largest absolute Gasteiger partial charge is 0.473 e. The van der Waals surface area contributed by atoms with Crippen LogP contribution in [0.5, 0.6) is 5.88 Å². The highest BCUT2D eigenvalue weighted by Gasteiger charge is 2.01. The van der Waals surface area contributed by atoms with Crippen LogP contribution in [0.25, 0.3) is 0 Å². The number of hydrogen-bond donors (Lipinski definition) is 4. The number of nitrogens with one attached hydrogen (secondary N) is 3. The first-order valence-electron chi connectivity index (χ1n) is 7.06. The maximum atomic E-state index is 9.15. The number of pyridine rings is 1. The molecule has 0 aliphatic heterocycles. The van der Waals surface area contributed by atoms with Crippen molar-refractivity contribution in [2.24, 2.45) is 5.84 Å². The summed E-state index contributed by atoms with van der Waals surface area (Å²) in [6.07, 6.45) is 1.92. The summed E-state index contributed by atoms with van der Waals surface area (Å²) in [4.78, 5) is 13.5.